The lowest BCUT2D eigenvalue weighted by atomic mass is 10.2. The Morgan fingerprint density at radius 2 is 2.33 bits per heavy atom. The second kappa shape index (κ2) is 5.71. The third kappa shape index (κ3) is 2.70. The molecule has 0 spiro atoms. The molecule has 8 heteroatoms. The average Bonchev–Trinajstić information content (AvgIpc) is 3.14. The number of benzene rings is 1. The first-order valence-corrected chi connectivity index (χ1v) is 7.10. The molecule has 1 N–H and O–H groups in total. The first-order valence-electron chi connectivity index (χ1n) is 5.99. The van der Waals surface area contributed by atoms with Crippen molar-refractivity contribution in [1.82, 2.24) is 8.75 Å². The molecule has 0 bridgehead atoms. The van der Waals surface area contributed by atoms with E-state index in [-0.39, 0.29) is 0 Å². The number of methoxy groups -OCH3 is 1. The maximum absolute atomic E-state index is 11.4. The maximum Gasteiger partial charge on any atom is 0.341 e. The Kier molecular flexibility index (Phi) is 3.76. The first-order chi connectivity index (χ1) is 10.2. The Hall–Kier alpha value is -2.12. The Balaban J connectivity index is 1.80. The van der Waals surface area contributed by atoms with Crippen LogP contribution in [0.3, 0.4) is 0 Å². The van der Waals surface area contributed by atoms with E-state index in [4.69, 9.17) is 16.0 Å². The summed E-state index contributed by atoms with van der Waals surface area (Å²) in [5, 5.41) is 3.71. The van der Waals surface area contributed by atoms with Crippen LogP contribution in [0.4, 0.5) is 5.69 Å². The van der Waals surface area contributed by atoms with E-state index in [0.717, 1.165) is 17.2 Å². The summed E-state index contributed by atoms with van der Waals surface area (Å²) in [6, 6.07) is 5.19. The molecule has 6 nitrogen and oxygen atoms in total. The van der Waals surface area contributed by atoms with E-state index >= 15 is 0 Å². The van der Waals surface area contributed by atoms with Gasteiger partial charge in [-0.1, -0.05) is 11.6 Å². The topological polar surface area (TPSA) is 77.2 Å². The number of anilines is 1. The summed E-state index contributed by atoms with van der Waals surface area (Å²) in [6.07, 6.45) is 1.36. The quantitative estimate of drug-likeness (QED) is 0.742. The van der Waals surface area contributed by atoms with Crippen molar-refractivity contribution in [2.24, 2.45) is 0 Å². The zero-order chi connectivity index (χ0) is 14.8. The fraction of sp³-hybridized carbons (Fsp3) is 0.154. The molecule has 2 heterocycles. The van der Waals surface area contributed by atoms with Gasteiger partial charge in [-0.3, -0.25) is 0 Å². The van der Waals surface area contributed by atoms with Crippen molar-refractivity contribution >= 4 is 46.0 Å². The van der Waals surface area contributed by atoms with E-state index in [1.807, 2.05) is 6.07 Å². The van der Waals surface area contributed by atoms with Gasteiger partial charge in [-0.05, 0) is 18.2 Å². The molecule has 0 fully saturated rings. The molecule has 1 aromatic carbocycles. The van der Waals surface area contributed by atoms with Crippen LogP contribution >= 0.6 is 23.3 Å². The number of hydrogen-bond donors (Lipinski definition) is 1. The largest absolute Gasteiger partial charge is 0.467 e. The standard InChI is InChI=1S/C13H10ClN3O3S/c1-19-13(18)7-4-8(20-6-7)5-15-11-9(14)2-3-10-12(11)17-21-16-10/h2-4,6,15H,5H2,1H3. The van der Waals surface area contributed by atoms with Crippen molar-refractivity contribution in [3.63, 3.8) is 0 Å². The van der Waals surface area contributed by atoms with Crippen molar-refractivity contribution in [3.8, 4) is 0 Å². The third-order valence-electron chi connectivity index (χ3n) is 2.89. The van der Waals surface area contributed by atoms with Crippen LogP contribution in [0, 0.1) is 0 Å². The zero-order valence-electron chi connectivity index (χ0n) is 10.9. The van der Waals surface area contributed by atoms with Gasteiger partial charge in [-0.25, -0.2) is 4.79 Å². The van der Waals surface area contributed by atoms with Gasteiger partial charge in [-0.2, -0.15) is 8.75 Å². The molecule has 0 radical (unpaired) electrons. The Labute approximate surface area is 129 Å². The number of fused-ring (bicyclic) bond motifs is 1. The molecule has 3 aromatic rings. The van der Waals surface area contributed by atoms with Gasteiger partial charge in [0.05, 0.1) is 41.7 Å². The predicted octanol–water partition coefficient (Wildman–Crippen LogP) is 3.34. The molecular formula is C13H10ClN3O3S. The predicted molar refractivity (Wildman–Crippen MR) is 79.8 cm³/mol. The second-order valence-corrected chi connectivity index (χ2v) is 5.14. The fourth-order valence-electron chi connectivity index (χ4n) is 1.87. The minimum Gasteiger partial charge on any atom is -0.467 e. The van der Waals surface area contributed by atoms with Crippen LogP contribution in [0.15, 0.2) is 28.9 Å². The zero-order valence-corrected chi connectivity index (χ0v) is 12.5. The number of rotatable bonds is 4. The van der Waals surface area contributed by atoms with Gasteiger partial charge in [0.15, 0.2) is 0 Å². The van der Waals surface area contributed by atoms with E-state index < -0.39 is 5.97 Å². The Morgan fingerprint density at radius 1 is 1.48 bits per heavy atom. The first kappa shape index (κ1) is 13.8. The van der Waals surface area contributed by atoms with Crippen molar-refractivity contribution in [2.75, 3.05) is 12.4 Å². The molecule has 0 amide bonds. The number of hydrogen-bond acceptors (Lipinski definition) is 7. The van der Waals surface area contributed by atoms with Crippen LogP contribution in [0.2, 0.25) is 5.02 Å². The van der Waals surface area contributed by atoms with Crippen molar-refractivity contribution in [3.05, 3.63) is 40.8 Å². The summed E-state index contributed by atoms with van der Waals surface area (Å²) >= 11 is 7.30. The summed E-state index contributed by atoms with van der Waals surface area (Å²) in [4.78, 5) is 11.4. The molecule has 0 unspecified atom stereocenters. The molecule has 0 saturated heterocycles. The number of esters is 1. The minimum atomic E-state index is -0.436. The molecule has 108 valence electrons. The van der Waals surface area contributed by atoms with Crippen LogP contribution in [0.25, 0.3) is 11.0 Å². The number of carbonyl (C=O) groups excluding carboxylic acids is 1. The van der Waals surface area contributed by atoms with E-state index in [1.165, 1.54) is 13.4 Å². The summed E-state index contributed by atoms with van der Waals surface area (Å²) in [6.45, 7) is 0.368. The molecule has 2 aromatic heterocycles. The minimum absolute atomic E-state index is 0.368. The average molecular weight is 324 g/mol. The number of furan rings is 1. The van der Waals surface area contributed by atoms with Crippen LogP contribution in [0.5, 0.6) is 0 Å². The highest BCUT2D eigenvalue weighted by atomic mass is 35.5. The molecule has 0 saturated carbocycles. The fourth-order valence-corrected chi connectivity index (χ4v) is 2.63. The SMILES string of the molecule is COC(=O)c1coc(CNc2c(Cl)ccc3nsnc23)c1. The highest BCUT2D eigenvalue weighted by molar-refractivity contribution is 7.00. The number of carbonyl (C=O) groups is 1. The second-order valence-electron chi connectivity index (χ2n) is 4.20. The van der Waals surface area contributed by atoms with E-state index in [1.54, 1.807) is 12.1 Å². The van der Waals surface area contributed by atoms with Gasteiger partial charge >= 0.3 is 5.97 Å². The van der Waals surface area contributed by atoms with Crippen molar-refractivity contribution in [2.45, 2.75) is 6.54 Å². The Bertz CT molecular complexity index is 799. The molecular weight excluding hydrogens is 314 g/mol. The molecule has 0 aliphatic carbocycles. The number of aromatic nitrogens is 2. The van der Waals surface area contributed by atoms with Gasteiger partial charge in [0.1, 0.15) is 23.1 Å². The molecule has 3 rings (SSSR count). The van der Waals surface area contributed by atoms with Crippen LogP contribution in [-0.2, 0) is 11.3 Å². The number of ether oxygens (including phenoxy) is 1. The van der Waals surface area contributed by atoms with Crippen molar-refractivity contribution in [1.29, 1.82) is 0 Å². The number of nitrogens with one attached hydrogen (secondary N) is 1. The van der Waals surface area contributed by atoms with Gasteiger partial charge in [0, 0.05) is 0 Å². The summed E-state index contributed by atoms with van der Waals surface area (Å²) in [5.74, 6) is 0.153. The highest BCUT2D eigenvalue weighted by Gasteiger charge is 2.12. The van der Waals surface area contributed by atoms with Gasteiger partial charge in [-0.15, -0.1) is 0 Å². The van der Waals surface area contributed by atoms with E-state index in [9.17, 15) is 4.79 Å². The summed E-state index contributed by atoms with van der Waals surface area (Å²) in [7, 11) is 1.32. The van der Waals surface area contributed by atoms with Gasteiger partial charge < -0.3 is 14.5 Å². The van der Waals surface area contributed by atoms with E-state index in [2.05, 4.69) is 18.8 Å². The molecule has 0 aliphatic rings. The molecule has 21 heavy (non-hydrogen) atoms. The lowest BCUT2D eigenvalue weighted by molar-refractivity contribution is 0.0600. The maximum atomic E-state index is 11.4. The van der Waals surface area contributed by atoms with Crippen molar-refractivity contribution < 1.29 is 13.9 Å². The Morgan fingerprint density at radius 3 is 3.14 bits per heavy atom. The monoisotopic (exact) mass is 323 g/mol. The summed E-state index contributed by atoms with van der Waals surface area (Å²) in [5.41, 5.74) is 2.56. The van der Waals surface area contributed by atoms with Gasteiger partial charge in [0.25, 0.3) is 0 Å². The van der Waals surface area contributed by atoms with Crippen LogP contribution in [0.1, 0.15) is 16.1 Å². The van der Waals surface area contributed by atoms with Crippen LogP contribution < -0.4 is 5.32 Å². The summed E-state index contributed by atoms with van der Waals surface area (Å²) < 4.78 is 18.3. The normalized spacial score (nSPS) is 10.8. The van der Waals surface area contributed by atoms with Gasteiger partial charge in [0.2, 0.25) is 0 Å². The number of halogens is 1. The highest BCUT2D eigenvalue weighted by Crippen LogP contribution is 2.30. The molecule has 0 aliphatic heterocycles. The third-order valence-corrected chi connectivity index (χ3v) is 3.75. The smallest absolute Gasteiger partial charge is 0.341 e. The van der Waals surface area contributed by atoms with Crippen LogP contribution in [-0.4, -0.2) is 21.8 Å². The molecule has 0 atom stereocenters. The van der Waals surface area contributed by atoms with E-state index in [0.29, 0.717) is 34.1 Å². The lowest BCUT2D eigenvalue weighted by Gasteiger charge is -2.06. The number of nitrogens with zero attached hydrogens (tertiary/aromatic N) is 2. The lowest BCUT2D eigenvalue weighted by Crippen LogP contribution is -2.01.